The van der Waals surface area contributed by atoms with Crippen LogP contribution in [0.15, 0.2) is 0 Å². The zero-order valence-electron chi connectivity index (χ0n) is 11.3. The van der Waals surface area contributed by atoms with E-state index in [0.29, 0.717) is 6.54 Å². The fraction of sp³-hybridized carbons (Fsp3) is 0.750. The van der Waals surface area contributed by atoms with Crippen molar-refractivity contribution >= 4 is 12.0 Å². The first-order valence-corrected chi connectivity index (χ1v) is 6.18. The second-order valence-electron chi connectivity index (χ2n) is 4.60. The maximum Gasteiger partial charge on any atom is 0.326 e. The highest BCUT2D eigenvalue weighted by molar-refractivity contribution is 5.82. The Morgan fingerprint density at radius 3 is 2.47 bits per heavy atom. The van der Waals surface area contributed by atoms with Gasteiger partial charge < -0.3 is 20.4 Å². The number of hydrogen-bond acceptors (Lipinski definition) is 4. The van der Waals surface area contributed by atoms with Crippen molar-refractivity contribution in [1.29, 1.82) is 5.26 Å². The molecule has 1 atom stereocenters. The summed E-state index contributed by atoms with van der Waals surface area (Å²) in [5.41, 5.74) is 0. The van der Waals surface area contributed by atoms with Crippen LogP contribution >= 0.6 is 0 Å². The number of aliphatic carboxylic acids is 1. The van der Waals surface area contributed by atoms with Gasteiger partial charge in [0.25, 0.3) is 0 Å². The van der Waals surface area contributed by atoms with Gasteiger partial charge in [0.2, 0.25) is 0 Å². The monoisotopic (exact) mass is 271 g/mol. The lowest BCUT2D eigenvalue weighted by atomic mass is 10.2. The number of nitrogens with zero attached hydrogens (tertiary/aromatic N) is 2. The van der Waals surface area contributed by atoms with Crippen LogP contribution in [0.1, 0.15) is 26.7 Å². The first-order valence-electron chi connectivity index (χ1n) is 6.18. The van der Waals surface area contributed by atoms with E-state index >= 15 is 0 Å². The molecule has 0 aromatic heterocycles. The van der Waals surface area contributed by atoms with Crippen LogP contribution in [0.2, 0.25) is 0 Å². The van der Waals surface area contributed by atoms with Crippen molar-refractivity contribution in [3.05, 3.63) is 0 Å². The van der Waals surface area contributed by atoms with E-state index in [-0.39, 0.29) is 31.9 Å². The molecule has 0 aliphatic rings. The van der Waals surface area contributed by atoms with Crippen LogP contribution in [0.3, 0.4) is 0 Å². The number of carbonyl (C=O) groups is 2. The molecule has 3 N–H and O–H groups in total. The molecule has 0 spiro atoms. The van der Waals surface area contributed by atoms with E-state index in [4.69, 9.17) is 15.5 Å². The van der Waals surface area contributed by atoms with E-state index in [9.17, 15) is 9.59 Å². The van der Waals surface area contributed by atoms with Gasteiger partial charge in [0.1, 0.15) is 6.04 Å². The summed E-state index contributed by atoms with van der Waals surface area (Å²) in [4.78, 5) is 24.2. The molecule has 0 aliphatic carbocycles. The molecular weight excluding hydrogens is 250 g/mol. The molecular formula is C12H21N3O4. The van der Waals surface area contributed by atoms with Crippen LogP contribution in [0.5, 0.6) is 0 Å². The Balaban J connectivity index is 4.59. The fourth-order valence-corrected chi connectivity index (χ4v) is 1.53. The smallest absolute Gasteiger partial charge is 0.326 e. The Kier molecular flexibility index (Phi) is 8.29. The average molecular weight is 271 g/mol. The van der Waals surface area contributed by atoms with Gasteiger partial charge in [-0.3, -0.25) is 0 Å². The van der Waals surface area contributed by atoms with E-state index in [0.717, 1.165) is 0 Å². The van der Waals surface area contributed by atoms with Gasteiger partial charge in [0, 0.05) is 26.1 Å². The summed E-state index contributed by atoms with van der Waals surface area (Å²) in [6.45, 7) is 4.23. The fourth-order valence-electron chi connectivity index (χ4n) is 1.53. The standard InChI is InChI=1S/C12H21N3O4/c1-9(2)8-15(6-3-5-13)12(19)14-10(4-7-16)11(17)18/h9-10,16H,3-4,6-8H2,1-2H3,(H,14,19)(H,17,18)/t10-/m1/s1. The summed E-state index contributed by atoms with van der Waals surface area (Å²) in [6, 6.07) is 0.310. The third kappa shape index (κ3) is 7.26. The molecule has 0 radical (unpaired) electrons. The van der Waals surface area contributed by atoms with E-state index in [1.807, 2.05) is 19.9 Å². The number of carbonyl (C=O) groups excluding carboxylic acids is 1. The molecule has 0 aromatic carbocycles. The van der Waals surface area contributed by atoms with Crippen LogP contribution < -0.4 is 5.32 Å². The van der Waals surface area contributed by atoms with Crippen molar-refractivity contribution in [2.45, 2.75) is 32.7 Å². The minimum absolute atomic E-state index is 0.0468. The van der Waals surface area contributed by atoms with E-state index < -0.39 is 18.0 Å². The lowest BCUT2D eigenvalue weighted by molar-refractivity contribution is -0.139. The van der Waals surface area contributed by atoms with Crippen LogP contribution in [-0.4, -0.2) is 52.9 Å². The molecule has 0 rings (SSSR count). The summed E-state index contributed by atoms with van der Waals surface area (Å²) >= 11 is 0. The Morgan fingerprint density at radius 2 is 2.05 bits per heavy atom. The molecule has 0 unspecified atom stereocenters. The number of carboxylic acid groups (broad SMARTS) is 1. The van der Waals surface area contributed by atoms with Crippen LogP contribution in [0, 0.1) is 17.2 Å². The molecule has 7 heteroatoms. The van der Waals surface area contributed by atoms with E-state index in [1.54, 1.807) is 0 Å². The van der Waals surface area contributed by atoms with Gasteiger partial charge in [0.15, 0.2) is 0 Å². The van der Waals surface area contributed by atoms with Crippen molar-refractivity contribution in [2.75, 3.05) is 19.7 Å². The topological polar surface area (TPSA) is 114 Å². The maximum absolute atomic E-state index is 11.9. The number of nitrogens with one attached hydrogen (secondary N) is 1. The zero-order valence-corrected chi connectivity index (χ0v) is 11.3. The molecule has 108 valence electrons. The maximum atomic E-state index is 11.9. The Bertz CT molecular complexity index is 338. The van der Waals surface area contributed by atoms with Gasteiger partial charge in [-0.05, 0) is 5.92 Å². The van der Waals surface area contributed by atoms with E-state index in [1.165, 1.54) is 4.90 Å². The normalized spacial score (nSPS) is 11.7. The highest BCUT2D eigenvalue weighted by Gasteiger charge is 2.22. The van der Waals surface area contributed by atoms with Gasteiger partial charge in [-0.1, -0.05) is 13.8 Å². The van der Waals surface area contributed by atoms with Crippen molar-refractivity contribution in [3.63, 3.8) is 0 Å². The number of nitriles is 1. The molecule has 0 aromatic rings. The van der Waals surface area contributed by atoms with Gasteiger partial charge in [-0.2, -0.15) is 5.26 Å². The minimum atomic E-state index is -1.19. The lowest BCUT2D eigenvalue weighted by Crippen LogP contribution is -2.49. The minimum Gasteiger partial charge on any atom is -0.480 e. The van der Waals surface area contributed by atoms with Crippen molar-refractivity contribution in [1.82, 2.24) is 10.2 Å². The molecule has 7 nitrogen and oxygen atoms in total. The third-order valence-corrected chi connectivity index (χ3v) is 2.38. The van der Waals surface area contributed by atoms with Crippen LogP contribution in [-0.2, 0) is 4.79 Å². The Morgan fingerprint density at radius 1 is 1.42 bits per heavy atom. The van der Waals surface area contributed by atoms with E-state index in [2.05, 4.69) is 5.32 Å². The second-order valence-corrected chi connectivity index (χ2v) is 4.60. The molecule has 0 saturated carbocycles. The van der Waals surface area contributed by atoms with Crippen LogP contribution in [0.4, 0.5) is 4.79 Å². The van der Waals surface area contributed by atoms with Crippen molar-refractivity contribution in [2.24, 2.45) is 5.92 Å². The predicted molar refractivity (Wildman–Crippen MR) is 68.3 cm³/mol. The first kappa shape index (κ1) is 17.2. The third-order valence-electron chi connectivity index (χ3n) is 2.38. The Hall–Kier alpha value is -1.81. The molecule has 0 saturated heterocycles. The molecule has 19 heavy (non-hydrogen) atoms. The summed E-state index contributed by atoms with van der Waals surface area (Å²) < 4.78 is 0. The van der Waals surface area contributed by atoms with Gasteiger partial charge in [-0.15, -0.1) is 0 Å². The second kappa shape index (κ2) is 9.16. The predicted octanol–water partition coefficient (Wildman–Crippen LogP) is 0.403. The highest BCUT2D eigenvalue weighted by Crippen LogP contribution is 2.02. The number of urea groups is 1. The molecule has 0 aliphatic heterocycles. The van der Waals surface area contributed by atoms with Crippen molar-refractivity contribution in [3.8, 4) is 6.07 Å². The summed E-state index contributed by atoms with van der Waals surface area (Å²) in [6.07, 6.45) is 0.146. The molecule has 2 amide bonds. The SMILES string of the molecule is CC(C)CN(CCC#N)C(=O)N[C@H](CCO)C(=O)O. The molecule has 0 bridgehead atoms. The number of amides is 2. The van der Waals surface area contributed by atoms with Crippen molar-refractivity contribution < 1.29 is 19.8 Å². The summed E-state index contributed by atoms with van der Waals surface area (Å²) in [5.74, 6) is -0.974. The number of aliphatic hydroxyl groups is 1. The highest BCUT2D eigenvalue weighted by atomic mass is 16.4. The molecule has 0 fully saturated rings. The summed E-state index contributed by atoms with van der Waals surface area (Å²) in [7, 11) is 0. The molecule has 0 heterocycles. The lowest BCUT2D eigenvalue weighted by Gasteiger charge is -2.25. The van der Waals surface area contributed by atoms with Crippen LogP contribution in [0.25, 0.3) is 0 Å². The largest absolute Gasteiger partial charge is 0.480 e. The quantitative estimate of drug-likeness (QED) is 0.591. The number of hydrogen-bond donors (Lipinski definition) is 3. The number of aliphatic hydroxyl groups excluding tert-OH is 1. The average Bonchev–Trinajstić information content (AvgIpc) is 2.33. The van der Waals surface area contributed by atoms with Gasteiger partial charge in [-0.25, -0.2) is 9.59 Å². The first-order chi connectivity index (χ1) is 8.92. The van der Waals surface area contributed by atoms with Gasteiger partial charge >= 0.3 is 12.0 Å². The number of rotatable bonds is 8. The Labute approximate surface area is 112 Å². The summed E-state index contributed by atoms with van der Waals surface area (Å²) in [5, 5.41) is 28.5. The van der Waals surface area contributed by atoms with Gasteiger partial charge in [0.05, 0.1) is 12.5 Å². The zero-order chi connectivity index (χ0) is 14.8. The number of carboxylic acids is 1.